The first kappa shape index (κ1) is 17.5. The van der Waals surface area contributed by atoms with Crippen LogP contribution in [0, 0.1) is 19.8 Å². The fourth-order valence-corrected chi connectivity index (χ4v) is 3.21. The van der Waals surface area contributed by atoms with Crippen LogP contribution >= 0.6 is 0 Å². The van der Waals surface area contributed by atoms with Gasteiger partial charge in [-0.2, -0.15) is 0 Å². The third-order valence-electron chi connectivity index (χ3n) is 4.79. The third-order valence-corrected chi connectivity index (χ3v) is 4.79. The van der Waals surface area contributed by atoms with Gasteiger partial charge in [0.15, 0.2) is 0 Å². The van der Waals surface area contributed by atoms with E-state index in [1.165, 1.54) is 0 Å². The molecule has 0 unspecified atom stereocenters. The number of carbonyl (C=O) groups excluding carboxylic acids is 1. The largest absolute Gasteiger partial charge is 0.444 e. The molecule has 0 spiro atoms. The maximum Gasteiger partial charge on any atom is 0.319 e. The number of hydrogen-bond donors (Lipinski definition) is 3. The molecule has 25 heavy (non-hydrogen) atoms. The van der Waals surface area contributed by atoms with Crippen LogP contribution in [0.1, 0.15) is 36.9 Å². The van der Waals surface area contributed by atoms with Crippen LogP contribution in [0.15, 0.2) is 28.9 Å². The molecule has 1 aromatic carbocycles. The van der Waals surface area contributed by atoms with Crippen LogP contribution in [-0.4, -0.2) is 28.8 Å². The van der Waals surface area contributed by atoms with E-state index in [2.05, 4.69) is 15.6 Å². The number of hydrogen-bond acceptors (Lipinski definition) is 4. The molecule has 3 N–H and O–H groups in total. The van der Waals surface area contributed by atoms with Gasteiger partial charge in [-0.1, -0.05) is 6.07 Å². The van der Waals surface area contributed by atoms with Crippen molar-refractivity contribution in [1.29, 1.82) is 0 Å². The monoisotopic (exact) mass is 343 g/mol. The molecular formula is C19H25N3O3. The van der Waals surface area contributed by atoms with Crippen molar-refractivity contribution < 1.29 is 14.3 Å². The van der Waals surface area contributed by atoms with Crippen LogP contribution in [0.25, 0.3) is 11.5 Å². The van der Waals surface area contributed by atoms with E-state index in [4.69, 9.17) is 4.42 Å². The van der Waals surface area contributed by atoms with E-state index in [9.17, 15) is 9.90 Å². The van der Waals surface area contributed by atoms with E-state index in [-0.39, 0.29) is 18.7 Å². The summed E-state index contributed by atoms with van der Waals surface area (Å²) in [6.45, 7) is 4.07. The lowest BCUT2D eigenvalue weighted by Crippen LogP contribution is -2.40. The first-order valence-corrected chi connectivity index (χ1v) is 8.76. The number of carbonyl (C=O) groups is 1. The zero-order chi connectivity index (χ0) is 17.8. The first-order valence-electron chi connectivity index (χ1n) is 8.76. The maximum atomic E-state index is 12.3. The van der Waals surface area contributed by atoms with E-state index in [1.807, 2.05) is 32.0 Å². The molecule has 0 aliphatic heterocycles. The number of amides is 2. The highest BCUT2D eigenvalue weighted by atomic mass is 16.3. The smallest absolute Gasteiger partial charge is 0.319 e. The summed E-state index contributed by atoms with van der Waals surface area (Å²) >= 11 is 0. The molecule has 1 heterocycles. The Bertz CT molecular complexity index is 733. The predicted octanol–water partition coefficient (Wildman–Crippen LogP) is 3.63. The first-order chi connectivity index (χ1) is 12.0. The Morgan fingerprint density at radius 3 is 2.68 bits per heavy atom. The summed E-state index contributed by atoms with van der Waals surface area (Å²) in [5.74, 6) is 0.924. The van der Waals surface area contributed by atoms with Gasteiger partial charge in [-0.3, -0.25) is 0 Å². The molecule has 0 atom stereocenters. The van der Waals surface area contributed by atoms with E-state index in [0.717, 1.165) is 48.2 Å². The van der Waals surface area contributed by atoms with Gasteiger partial charge < -0.3 is 20.2 Å². The normalized spacial score (nSPS) is 20.3. The molecule has 134 valence electrons. The highest BCUT2D eigenvalue weighted by Gasteiger charge is 2.22. The molecule has 0 radical (unpaired) electrons. The molecule has 6 heteroatoms. The molecule has 1 fully saturated rings. The number of urea groups is 1. The van der Waals surface area contributed by atoms with Gasteiger partial charge in [-0.15, -0.1) is 0 Å². The number of aliphatic hydroxyl groups excluding tert-OH is 1. The molecular weight excluding hydrogens is 318 g/mol. The molecule has 1 aliphatic rings. The summed E-state index contributed by atoms with van der Waals surface area (Å²) in [6, 6.07) is 5.72. The van der Waals surface area contributed by atoms with Gasteiger partial charge in [0.2, 0.25) is 5.89 Å². The van der Waals surface area contributed by atoms with Crippen molar-refractivity contribution in [3.8, 4) is 11.5 Å². The lowest BCUT2D eigenvalue weighted by atomic mass is 9.87. The second kappa shape index (κ2) is 7.70. The number of nitrogens with one attached hydrogen (secondary N) is 2. The lowest BCUT2D eigenvalue weighted by Gasteiger charge is -2.28. The number of nitrogens with zero attached hydrogens (tertiary/aromatic N) is 1. The van der Waals surface area contributed by atoms with E-state index in [1.54, 1.807) is 6.26 Å². The lowest BCUT2D eigenvalue weighted by molar-refractivity contribution is 0.176. The van der Waals surface area contributed by atoms with Crippen LogP contribution in [0.5, 0.6) is 0 Å². The van der Waals surface area contributed by atoms with Gasteiger partial charge in [0.25, 0.3) is 0 Å². The summed E-state index contributed by atoms with van der Waals surface area (Å²) in [5, 5.41) is 15.2. The quantitative estimate of drug-likeness (QED) is 0.791. The van der Waals surface area contributed by atoms with Crippen LogP contribution in [0.4, 0.5) is 10.5 Å². The second-order valence-corrected chi connectivity index (χ2v) is 6.82. The molecule has 1 aromatic heterocycles. The summed E-state index contributed by atoms with van der Waals surface area (Å²) in [4.78, 5) is 16.6. The summed E-state index contributed by atoms with van der Waals surface area (Å²) in [6.07, 6.45) is 5.34. The van der Waals surface area contributed by atoms with Crippen LogP contribution in [-0.2, 0) is 0 Å². The van der Waals surface area contributed by atoms with Gasteiger partial charge in [0, 0.05) is 23.9 Å². The molecule has 0 bridgehead atoms. The number of aromatic nitrogens is 1. The van der Waals surface area contributed by atoms with E-state index in [0.29, 0.717) is 11.8 Å². The molecule has 1 aliphatic carbocycles. The number of aryl methyl sites for hydroxylation is 2. The standard InChI is InChI=1S/C19H25N3O3/c1-12-3-6-15(18-20-13(2)11-25-18)9-17(12)22-19(24)21-16-7-4-14(10-23)5-8-16/h3,6,9,11,14,16,23H,4-5,7-8,10H2,1-2H3,(H2,21,22,24). The van der Waals surface area contributed by atoms with Gasteiger partial charge in [0.05, 0.1) is 5.69 Å². The topological polar surface area (TPSA) is 87.4 Å². The highest BCUT2D eigenvalue weighted by molar-refractivity contribution is 5.91. The Labute approximate surface area is 147 Å². The number of aliphatic hydroxyl groups is 1. The zero-order valence-corrected chi connectivity index (χ0v) is 14.7. The van der Waals surface area contributed by atoms with E-state index >= 15 is 0 Å². The Hall–Kier alpha value is -2.34. The maximum absolute atomic E-state index is 12.3. The minimum absolute atomic E-state index is 0.167. The Morgan fingerprint density at radius 2 is 2.04 bits per heavy atom. The SMILES string of the molecule is Cc1coc(-c2ccc(C)c(NC(=O)NC3CCC(CO)CC3)c2)n1. The second-order valence-electron chi connectivity index (χ2n) is 6.82. The van der Waals surface area contributed by atoms with Crippen molar-refractivity contribution in [2.45, 2.75) is 45.6 Å². The van der Waals surface area contributed by atoms with Crippen molar-refractivity contribution in [2.75, 3.05) is 11.9 Å². The number of oxazole rings is 1. The third kappa shape index (κ3) is 4.39. The molecule has 2 amide bonds. The fraction of sp³-hybridized carbons (Fsp3) is 0.474. The number of rotatable bonds is 4. The summed E-state index contributed by atoms with van der Waals surface area (Å²) in [5.41, 5.74) is 3.37. The van der Waals surface area contributed by atoms with Gasteiger partial charge in [0.1, 0.15) is 6.26 Å². The molecule has 0 saturated heterocycles. The minimum Gasteiger partial charge on any atom is -0.444 e. The average Bonchev–Trinajstić information content (AvgIpc) is 3.04. The number of benzene rings is 1. The van der Waals surface area contributed by atoms with Crippen molar-refractivity contribution >= 4 is 11.7 Å². The zero-order valence-electron chi connectivity index (χ0n) is 14.7. The van der Waals surface area contributed by atoms with Crippen molar-refractivity contribution in [1.82, 2.24) is 10.3 Å². The van der Waals surface area contributed by atoms with Gasteiger partial charge in [-0.05, 0) is 63.1 Å². The predicted molar refractivity (Wildman–Crippen MR) is 96.4 cm³/mol. The average molecular weight is 343 g/mol. The number of anilines is 1. The minimum atomic E-state index is -0.198. The van der Waals surface area contributed by atoms with Gasteiger partial charge >= 0.3 is 6.03 Å². The Morgan fingerprint density at radius 1 is 1.28 bits per heavy atom. The molecule has 3 rings (SSSR count). The summed E-state index contributed by atoms with van der Waals surface area (Å²) in [7, 11) is 0. The molecule has 6 nitrogen and oxygen atoms in total. The van der Waals surface area contributed by atoms with Crippen molar-refractivity contribution in [3.05, 3.63) is 35.7 Å². The van der Waals surface area contributed by atoms with Gasteiger partial charge in [-0.25, -0.2) is 9.78 Å². The van der Waals surface area contributed by atoms with E-state index < -0.39 is 0 Å². The summed E-state index contributed by atoms with van der Waals surface area (Å²) < 4.78 is 5.43. The van der Waals surface area contributed by atoms with Crippen molar-refractivity contribution in [3.63, 3.8) is 0 Å². The molecule has 1 saturated carbocycles. The Balaban J connectivity index is 1.63. The highest BCUT2D eigenvalue weighted by Crippen LogP contribution is 2.26. The van der Waals surface area contributed by atoms with Crippen LogP contribution in [0.2, 0.25) is 0 Å². The fourth-order valence-electron chi connectivity index (χ4n) is 3.21. The Kier molecular flexibility index (Phi) is 5.38. The van der Waals surface area contributed by atoms with Crippen LogP contribution < -0.4 is 10.6 Å². The molecule has 2 aromatic rings. The van der Waals surface area contributed by atoms with Crippen molar-refractivity contribution in [2.24, 2.45) is 5.92 Å². The van der Waals surface area contributed by atoms with Crippen LogP contribution in [0.3, 0.4) is 0 Å².